The van der Waals surface area contributed by atoms with Crippen LogP contribution in [0.15, 0.2) is 18.2 Å². The van der Waals surface area contributed by atoms with Crippen LogP contribution >= 0.6 is 0 Å². The quantitative estimate of drug-likeness (QED) is 0.788. The van der Waals surface area contributed by atoms with E-state index in [1.165, 1.54) is 0 Å². The van der Waals surface area contributed by atoms with Crippen LogP contribution in [0.1, 0.15) is 18.4 Å². The second-order valence-corrected chi connectivity index (χ2v) is 5.24. The number of rotatable bonds is 6. The van der Waals surface area contributed by atoms with E-state index in [1.54, 1.807) is 14.2 Å². The van der Waals surface area contributed by atoms with Gasteiger partial charge in [0.15, 0.2) is 0 Å². The van der Waals surface area contributed by atoms with Crippen molar-refractivity contribution in [2.45, 2.75) is 19.4 Å². The zero-order valence-corrected chi connectivity index (χ0v) is 11.8. The first-order chi connectivity index (χ1) is 9.12. The molecule has 0 radical (unpaired) electrons. The van der Waals surface area contributed by atoms with E-state index in [0.29, 0.717) is 0 Å². The fraction of sp³-hybridized carbons (Fsp3) is 0.533. The average molecular weight is 260 g/mol. The summed E-state index contributed by atoms with van der Waals surface area (Å²) in [5, 5.41) is 9.12. The summed E-state index contributed by atoms with van der Waals surface area (Å²) in [4.78, 5) is 2.18. The second kappa shape index (κ2) is 5.50. The highest BCUT2D eigenvalue weighted by molar-refractivity contribution is 5.40. The van der Waals surface area contributed by atoms with Gasteiger partial charge in [-0.3, -0.25) is 0 Å². The van der Waals surface area contributed by atoms with Crippen molar-refractivity contribution in [1.29, 1.82) is 5.26 Å². The highest BCUT2D eigenvalue weighted by atomic mass is 16.5. The van der Waals surface area contributed by atoms with E-state index >= 15 is 0 Å². The number of ether oxygens (including phenoxy) is 2. The molecule has 0 amide bonds. The van der Waals surface area contributed by atoms with Gasteiger partial charge in [-0.25, -0.2) is 0 Å². The third kappa shape index (κ3) is 3.18. The highest BCUT2D eigenvalue weighted by Crippen LogP contribution is 2.45. The van der Waals surface area contributed by atoms with E-state index in [-0.39, 0.29) is 5.41 Å². The molecule has 0 spiro atoms. The molecule has 0 aliphatic heterocycles. The van der Waals surface area contributed by atoms with Gasteiger partial charge in [0.25, 0.3) is 0 Å². The molecule has 19 heavy (non-hydrogen) atoms. The SMILES string of the molecule is COc1ccc(CN(C)CC2(C#N)CC2)c(OC)c1. The summed E-state index contributed by atoms with van der Waals surface area (Å²) in [6.45, 7) is 1.59. The molecule has 0 bridgehead atoms. The fourth-order valence-corrected chi connectivity index (χ4v) is 2.30. The van der Waals surface area contributed by atoms with Crippen molar-refractivity contribution in [3.8, 4) is 17.6 Å². The van der Waals surface area contributed by atoms with Crippen molar-refractivity contribution in [3.05, 3.63) is 23.8 Å². The predicted octanol–water partition coefficient (Wildman–Crippen LogP) is 2.44. The zero-order chi connectivity index (χ0) is 13.9. The van der Waals surface area contributed by atoms with Crippen LogP contribution in [-0.2, 0) is 6.54 Å². The van der Waals surface area contributed by atoms with Crippen LogP contribution in [0.25, 0.3) is 0 Å². The van der Waals surface area contributed by atoms with E-state index in [0.717, 1.165) is 43.0 Å². The molecule has 1 fully saturated rings. The molecule has 2 rings (SSSR count). The monoisotopic (exact) mass is 260 g/mol. The Hall–Kier alpha value is -1.73. The van der Waals surface area contributed by atoms with Crippen LogP contribution in [0.3, 0.4) is 0 Å². The largest absolute Gasteiger partial charge is 0.497 e. The predicted molar refractivity (Wildman–Crippen MR) is 73.2 cm³/mol. The summed E-state index contributed by atoms with van der Waals surface area (Å²) in [6, 6.07) is 8.26. The van der Waals surface area contributed by atoms with Crippen LogP contribution in [-0.4, -0.2) is 32.7 Å². The summed E-state index contributed by atoms with van der Waals surface area (Å²) < 4.78 is 10.6. The van der Waals surface area contributed by atoms with Crippen LogP contribution < -0.4 is 9.47 Å². The fourth-order valence-electron chi connectivity index (χ4n) is 2.30. The van der Waals surface area contributed by atoms with Gasteiger partial charge < -0.3 is 14.4 Å². The van der Waals surface area contributed by atoms with Crippen molar-refractivity contribution in [2.75, 3.05) is 27.8 Å². The van der Waals surface area contributed by atoms with Gasteiger partial charge in [-0.05, 0) is 26.0 Å². The molecule has 1 saturated carbocycles. The summed E-state index contributed by atoms with van der Waals surface area (Å²) in [7, 11) is 5.35. The Labute approximate surface area is 114 Å². The van der Waals surface area contributed by atoms with Crippen molar-refractivity contribution in [1.82, 2.24) is 4.90 Å². The summed E-state index contributed by atoms with van der Waals surface area (Å²) in [5.41, 5.74) is 1.01. The number of nitrogens with zero attached hydrogens (tertiary/aromatic N) is 2. The number of benzene rings is 1. The number of hydrogen-bond donors (Lipinski definition) is 0. The second-order valence-electron chi connectivity index (χ2n) is 5.24. The van der Waals surface area contributed by atoms with Crippen LogP contribution in [0.5, 0.6) is 11.5 Å². The lowest BCUT2D eigenvalue weighted by molar-refractivity contribution is 0.281. The maximum atomic E-state index is 9.12. The lowest BCUT2D eigenvalue weighted by atomic mass is 10.1. The van der Waals surface area contributed by atoms with Crippen LogP contribution in [0, 0.1) is 16.7 Å². The highest BCUT2D eigenvalue weighted by Gasteiger charge is 2.43. The summed E-state index contributed by atoms with van der Waals surface area (Å²) in [5.74, 6) is 1.62. The van der Waals surface area contributed by atoms with E-state index in [4.69, 9.17) is 14.7 Å². The minimum Gasteiger partial charge on any atom is -0.497 e. The number of methoxy groups -OCH3 is 2. The van der Waals surface area contributed by atoms with E-state index < -0.39 is 0 Å². The first-order valence-corrected chi connectivity index (χ1v) is 6.43. The Morgan fingerprint density at radius 1 is 1.32 bits per heavy atom. The standard InChI is InChI=1S/C15H20N2O2/c1-17(11-15(10-16)6-7-15)9-12-4-5-13(18-2)8-14(12)19-3/h4-5,8H,6-7,9,11H2,1-3H3. The smallest absolute Gasteiger partial charge is 0.127 e. The van der Waals surface area contributed by atoms with Gasteiger partial charge in [0.1, 0.15) is 11.5 Å². The minimum atomic E-state index is -0.103. The lowest BCUT2D eigenvalue weighted by Gasteiger charge is -2.20. The summed E-state index contributed by atoms with van der Waals surface area (Å²) >= 11 is 0. The normalized spacial score (nSPS) is 15.9. The summed E-state index contributed by atoms with van der Waals surface area (Å²) in [6.07, 6.45) is 2.04. The van der Waals surface area contributed by atoms with Crippen molar-refractivity contribution in [2.24, 2.45) is 5.41 Å². The zero-order valence-electron chi connectivity index (χ0n) is 11.8. The molecular formula is C15H20N2O2. The maximum absolute atomic E-state index is 9.12. The Balaban J connectivity index is 2.04. The first-order valence-electron chi connectivity index (χ1n) is 6.43. The minimum absolute atomic E-state index is 0.103. The first kappa shape index (κ1) is 13.7. The van der Waals surface area contributed by atoms with Crippen LogP contribution in [0.2, 0.25) is 0 Å². The van der Waals surface area contributed by atoms with Gasteiger partial charge in [0.05, 0.1) is 25.7 Å². The Kier molecular flexibility index (Phi) is 3.96. The van der Waals surface area contributed by atoms with E-state index in [1.807, 2.05) is 25.2 Å². The topological polar surface area (TPSA) is 45.5 Å². The molecule has 0 heterocycles. The van der Waals surface area contributed by atoms with E-state index in [2.05, 4.69) is 11.0 Å². The molecule has 1 aromatic rings. The average Bonchev–Trinajstić information content (AvgIpc) is 3.19. The molecule has 102 valence electrons. The number of nitriles is 1. The Morgan fingerprint density at radius 3 is 2.58 bits per heavy atom. The number of hydrogen-bond acceptors (Lipinski definition) is 4. The van der Waals surface area contributed by atoms with Gasteiger partial charge in [0, 0.05) is 24.7 Å². The van der Waals surface area contributed by atoms with Gasteiger partial charge in [-0.2, -0.15) is 5.26 Å². The molecular weight excluding hydrogens is 240 g/mol. The third-order valence-corrected chi connectivity index (χ3v) is 3.60. The molecule has 4 nitrogen and oxygen atoms in total. The maximum Gasteiger partial charge on any atom is 0.127 e. The van der Waals surface area contributed by atoms with Crippen LogP contribution in [0.4, 0.5) is 0 Å². The molecule has 0 saturated heterocycles. The van der Waals surface area contributed by atoms with Gasteiger partial charge in [0.2, 0.25) is 0 Å². The van der Waals surface area contributed by atoms with Crippen molar-refractivity contribution < 1.29 is 9.47 Å². The molecule has 1 aromatic carbocycles. The van der Waals surface area contributed by atoms with Crippen molar-refractivity contribution in [3.63, 3.8) is 0 Å². The van der Waals surface area contributed by atoms with Gasteiger partial charge >= 0.3 is 0 Å². The Morgan fingerprint density at radius 2 is 2.05 bits per heavy atom. The molecule has 0 atom stereocenters. The van der Waals surface area contributed by atoms with Crippen molar-refractivity contribution >= 4 is 0 Å². The van der Waals surface area contributed by atoms with Gasteiger partial charge in [-0.15, -0.1) is 0 Å². The van der Waals surface area contributed by atoms with E-state index in [9.17, 15) is 0 Å². The Bertz CT molecular complexity index is 489. The lowest BCUT2D eigenvalue weighted by Crippen LogP contribution is -2.25. The molecule has 0 unspecified atom stereocenters. The molecule has 0 N–H and O–H groups in total. The van der Waals surface area contributed by atoms with Gasteiger partial charge in [-0.1, -0.05) is 6.07 Å². The third-order valence-electron chi connectivity index (χ3n) is 3.60. The molecule has 0 aromatic heterocycles. The molecule has 1 aliphatic rings. The molecule has 4 heteroatoms. The molecule has 1 aliphatic carbocycles.